The average molecular weight is 339 g/mol. The molecule has 2 aromatic rings. The Morgan fingerprint density at radius 3 is 3.09 bits per heavy atom. The number of thioether (sulfide) groups is 1. The van der Waals surface area contributed by atoms with Crippen LogP contribution in [0.1, 0.15) is 29.4 Å². The minimum absolute atomic E-state index is 0.285. The van der Waals surface area contributed by atoms with E-state index in [1.807, 2.05) is 14.0 Å². The zero-order chi connectivity index (χ0) is 15.4. The van der Waals surface area contributed by atoms with Gasteiger partial charge in [0.25, 0.3) is 0 Å². The Bertz CT molecular complexity index is 606. The van der Waals surface area contributed by atoms with Crippen molar-refractivity contribution in [1.82, 2.24) is 25.1 Å². The van der Waals surface area contributed by atoms with Crippen molar-refractivity contribution in [3.8, 4) is 0 Å². The maximum Gasteiger partial charge on any atom is 0.191 e. The number of aryl methyl sites for hydroxylation is 1. The van der Waals surface area contributed by atoms with Crippen LogP contribution >= 0.6 is 23.1 Å². The predicted octanol–water partition coefficient (Wildman–Crippen LogP) is 2.23. The summed E-state index contributed by atoms with van der Waals surface area (Å²) in [6, 6.07) is 0. The molecule has 1 saturated heterocycles. The lowest BCUT2D eigenvalue weighted by molar-refractivity contribution is 0.0941. The Hall–Kier alpha value is -0.960. The van der Waals surface area contributed by atoms with Crippen LogP contribution < -0.4 is 5.32 Å². The number of aromatic nitrogens is 4. The first kappa shape index (κ1) is 15.9. The number of thiazole rings is 1. The Balaban J connectivity index is 1.71. The molecule has 3 heterocycles. The van der Waals surface area contributed by atoms with Crippen molar-refractivity contribution < 1.29 is 4.74 Å². The number of nitrogens with one attached hydrogen (secondary N) is 1. The highest BCUT2D eigenvalue weighted by Gasteiger charge is 2.20. The van der Waals surface area contributed by atoms with E-state index in [2.05, 4.69) is 30.4 Å². The van der Waals surface area contributed by atoms with Crippen LogP contribution in [-0.2, 0) is 23.6 Å². The molecule has 0 bridgehead atoms. The normalized spacial score (nSPS) is 18.2. The summed E-state index contributed by atoms with van der Waals surface area (Å²) >= 11 is 3.38. The first-order chi connectivity index (χ1) is 10.8. The fourth-order valence-corrected chi connectivity index (χ4v) is 4.08. The summed E-state index contributed by atoms with van der Waals surface area (Å²) in [4.78, 5) is 4.51. The average Bonchev–Trinajstić information content (AvgIpc) is 3.22. The Kier molecular flexibility index (Phi) is 5.46. The lowest BCUT2D eigenvalue weighted by Gasteiger charge is -2.14. The molecule has 0 amide bonds. The molecule has 3 rings (SSSR count). The molecule has 1 aliphatic heterocycles. The summed E-state index contributed by atoms with van der Waals surface area (Å²) in [7, 11) is 1.93. The van der Waals surface area contributed by atoms with Gasteiger partial charge in [-0.1, -0.05) is 11.8 Å². The van der Waals surface area contributed by atoms with Gasteiger partial charge in [-0.15, -0.1) is 21.5 Å². The number of hydrogen-bond donors (Lipinski definition) is 1. The van der Waals surface area contributed by atoms with Crippen molar-refractivity contribution in [3.63, 3.8) is 0 Å². The molecule has 0 aromatic carbocycles. The summed E-state index contributed by atoms with van der Waals surface area (Å²) in [6.07, 6.45) is 2.55. The van der Waals surface area contributed by atoms with Gasteiger partial charge in [0.15, 0.2) is 5.16 Å². The summed E-state index contributed by atoms with van der Waals surface area (Å²) in [6.45, 7) is 4.46. The monoisotopic (exact) mass is 339 g/mol. The predicted molar refractivity (Wildman–Crippen MR) is 88.2 cm³/mol. The van der Waals surface area contributed by atoms with E-state index in [4.69, 9.17) is 4.74 Å². The Labute approximate surface area is 138 Å². The molecule has 1 fully saturated rings. The molecule has 2 aromatic heterocycles. The van der Waals surface area contributed by atoms with Gasteiger partial charge in [-0.05, 0) is 26.8 Å². The Morgan fingerprint density at radius 1 is 1.50 bits per heavy atom. The second-order valence-corrected chi connectivity index (χ2v) is 7.33. The van der Waals surface area contributed by atoms with Crippen molar-refractivity contribution in [1.29, 1.82) is 0 Å². The number of rotatable bonds is 7. The molecule has 22 heavy (non-hydrogen) atoms. The highest BCUT2D eigenvalue weighted by molar-refractivity contribution is 7.98. The maximum absolute atomic E-state index is 5.76. The number of ether oxygens (including phenoxy) is 1. The number of hydrogen-bond acceptors (Lipinski definition) is 7. The van der Waals surface area contributed by atoms with Crippen molar-refractivity contribution in [3.05, 3.63) is 21.9 Å². The first-order valence-electron chi connectivity index (χ1n) is 7.48. The van der Waals surface area contributed by atoms with Gasteiger partial charge in [0.05, 0.1) is 29.9 Å². The van der Waals surface area contributed by atoms with Crippen LogP contribution in [0.2, 0.25) is 0 Å². The van der Waals surface area contributed by atoms with Gasteiger partial charge in [-0.3, -0.25) is 0 Å². The summed E-state index contributed by atoms with van der Waals surface area (Å²) in [5.74, 6) is 1.79. The summed E-state index contributed by atoms with van der Waals surface area (Å²) in [5, 5.41) is 16.0. The molecular weight excluding hydrogens is 318 g/mol. The van der Waals surface area contributed by atoms with Crippen LogP contribution in [0, 0.1) is 6.92 Å². The molecule has 1 atom stereocenters. The SMILES string of the molecule is CNCc1nnc(SCc2csc(C)n2)n1C[C@@H]1CCCO1. The highest BCUT2D eigenvalue weighted by atomic mass is 32.2. The first-order valence-corrected chi connectivity index (χ1v) is 9.35. The second-order valence-electron chi connectivity index (χ2n) is 5.32. The van der Waals surface area contributed by atoms with Crippen LogP contribution in [0.5, 0.6) is 0 Å². The van der Waals surface area contributed by atoms with E-state index in [0.29, 0.717) is 0 Å². The third kappa shape index (κ3) is 3.87. The molecule has 120 valence electrons. The van der Waals surface area contributed by atoms with Gasteiger partial charge in [0, 0.05) is 17.7 Å². The molecule has 0 spiro atoms. The van der Waals surface area contributed by atoms with E-state index in [1.165, 1.54) is 0 Å². The van der Waals surface area contributed by atoms with Crippen molar-refractivity contribution in [2.75, 3.05) is 13.7 Å². The molecule has 0 radical (unpaired) electrons. The topological polar surface area (TPSA) is 64.9 Å². The molecule has 1 N–H and O–H groups in total. The van der Waals surface area contributed by atoms with E-state index in [0.717, 1.165) is 60.0 Å². The molecule has 0 aliphatic carbocycles. The summed E-state index contributed by atoms with van der Waals surface area (Å²) < 4.78 is 7.95. The van der Waals surface area contributed by atoms with E-state index >= 15 is 0 Å². The van der Waals surface area contributed by atoms with Gasteiger partial charge < -0.3 is 14.6 Å². The van der Waals surface area contributed by atoms with E-state index in [9.17, 15) is 0 Å². The molecule has 1 aliphatic rings. The fourth-order valence-electron chi connectivity index (χ4n) is 2.50. The minimum atomic E-state index is 0.285. The lowest BCUT2D eigenvalue weighted by Crippen LogP contribution is -2.20. The third-order valence-corrected chi connectivity index (χ3v) is 5.38. The molecule has 0 unspecified atom stereocenters. The largest absolute Gasteiger partial charge is 0.376 e. The standard InChI is InChI=1S/C14H21N5OS2/c1-10-16-11(8-21-10)9-22-14-18-17-13(6-15-2)19(14)7-12-4-3-5-20-12/h8,12,15H,3-7,9H2,1-2H3/t12-/m0/s1. The van der Waals surface area contributed by atoms with Crippen molar-refractivity contribution in [2.45, 2.75) is 49.9 Å². The minimum Gasteiger partial charge on any atom is -0.376 e. The molecular formula is C14H21N5OS2. The van der Waals surface area contributed by atoms with Gasteiger partial charge in [0.1, 0.15) is 5.82 Å². The van der Waals surface area contributed by atoms with E-state index in [1.54, 1.807) is 23.1 Å². The quantitative estimate of drug-likeness (QED) is 0.781. The third-order valence-electron chi connectivity index (χ3n) is 3.55. The molecule has 0 saturated carbocycles. The maximum atomic E-state index is 5.76. The van der Waals surface area contributed by atoms with Crippen LogP contribution in [-0.4, -0.2) is 39.5 Å². The summed E-state index contributed by atoms with van der Waals surface area (Å²) in [5.41, 5.74) is 1.11. The van der Waals surface area contributed by atoms with Gasteiger partial charge in [-0.2, -0.15) is 0 Å². The fraction of sp³-hybridized carbons (Fsp3) is 0.643. The van der Waals surface area contributed by atoms with Crippen molar-refractivity contribution in [2.24, 2.45) is 0 Å². The zero-order valence-corrected chi connectivity index (χ0v) is 14.5. The second kappa shape index (κ2) is 7.54. The Morgan fingerprint density at radius 2 is 2.41 bits per heavy atom. The van der Waals surface area contributed by atoms with Gasteiger partial charge >= 0.3 is 0 Å². The number of nitrogens with zero attached hydrogens (tertiary/aromatic N) is 4. The smallest absolute Gasteiger partial charge is 0.191 e. The van der Waals surface area contributed by atoms with Crippen LogP contribution in [0.4, 0.5) is 0 Å². The molecule has 8 heteroatoms. The van der Waals surface area contributed by atoms with E-state index < -0.39 is 0 Å². The zero-order valence-electron chi connectivity index (χ0n) is 12.9. The van der Waals surface area contributed by atoms with Gasteiger partial charge in [0.2, 0.25) is 0 Å². The van der Waals surface area contributed by atoms with Crippen LogP contribution in [0.25, 0.3) is 0 Å². The van der Waals surface area contributed by atoms with Crippen LogP contribution in [0.15, 0.2) is 10.5 Å². The molecule has 6 nitrogen and oxygen atoms in total. The highest BCUT2D eigenvalue weighted by Crippen LogP contribution is 2.24. The lowest BCUT2D eigenvalue weighted by atomic mass is 10.2. The van der Waals surface area contributed by atoms with Gasteiger partial charge in [-0.25, -0.2) is 4.98 Å². The van der Waals surface area contributed by atoms with Crippen LogP contribution in [0.3, 0.4) is 0 Å². The van der Waals surface area contributed by atoms with Crippen molar-refractivity contribution >= 4 is 23.1 Å². The van der Waals surface area contributed by atoms with E-state index in [-0.39, 0.29) is 6.10 Å².